The zero-order valence-corrected chi connectivity index (χ0v) is 12.7. The molecule has 0 amide bonds. The van der Waals surface area contributed by atoms with E-state index >= 15 is 0 Å². The van der Waals surface area contributed by atoms with Crippen molar-refractivity contribution in [3.8, 4) is 0 Å². The topological polar surface area (TPSA) is 63.0 Å². The summed E-state index contributed by atoms with van der Waals surface area (Å²) in [6.45, 7) is 3.65. The van der Waals surface area contributed by atoms with Crippen molar-refractivity contribution in [2.75, 3.05) is 17.2 Å². The van der Waals surface area contributed by atoms with Gasteiger partial charge >= 0.3 is 0 Å². The molecule has 0 bridgehead atoms. The molecule has 0 radical (unpaired) electrons. The average Bonchev–Trinajstić information content (AvgIpc) is 3.06. The van der Waals surface area contributed by atoms with Crippen LogP contribution in [0.5, 0.6) is 0 Å². The number of anilines is 2. The molecule has 3 rings (SSSR count). The van der Waals surface area contributed by atoms with Crippen LogP contribution in [0, 0.1) is 0 Å². The molecule has 2 N–H and O–H groups in total. The predicted octanol–water partition coefficient (Wildman–Crippen LogP) is 4.05. The van der Waals surface area contributed by atoms with E-state index in [1.807, 2.05) is 36.4 Å². The van der Waals surface area contributed by atoms with Gasteiger partial charge in [0.2, 0.25) is 5.95 Å². The van der Waals surface area contributed by atoms with E-state index in [2.05, 4.69) is 27.5 Å². The molecule has 2 heterocycles. The third-order valence-corrected chi connectivity index (χ3v) is 3.43. The lowest BCUT2D eigenvalue weighted by Crippen LogP contribution is -2.08. The van der Waals surface area contributed by atoms with Crippen molar-refractivity contribution < 1.29 is 4.42 Å². The van der Waals surface area contributed by atoms with Crippen molar-refractivity contribution >= 4 is 22.7 Å². The van der Waals surface area contributed by atoms with Gasteiger partial charge in [-0.15, -0.1) is 0 Å². The van der Waals surface area contributed by atoms with Crippen LogP contribution in [-0.2, 0) is 6.54 Å². The lowest BCUT2D eigenvalue weighted by atomic mass is 10.2. The third-order valence-electron chi connectivity index (χ3n) is 3.43. The molecule has 22 heavy (non-hydrogen) atoms. The monoisotopic (exact) mass is 296 g/mol. The molecule has 0 fully saturated rings. The standard InChI is InChI=1S/C17H20N4O/c1-2-3-10-18-17-20-15-9-5-4-8-14(15)16(21-17)19-12-13-7-6-11-22-13/h4-9,11H,2-3,10,12H2,1H3,(H2,18,19,20,21). The SMILES string of the molecule is CCCCNc1nc(NCc2ccco2)c2ccccc2n1. The maximum absolute atomic E-state index is 5.36. The molecule has 3 aromatic rings. The highest BCUT2D eigenvalue weighted by Gasteiger charge is 2.07. The normalized spacial score (nSPS) is 10.8. The summed E-state index contributed by atoms with van der Waals surface area (Å²) < 4.78 is 5.36. The molecule has 0 saturated carbocycles. The smallest absolute Gasteiger partial charge is 0.225 e. The van der Waals surface area contributed by atoms with E-state index < -0.39 is 0 Å². The number of rotatable bonds is 7. The van der Waals surface area contributed by atoms with Gasteiger partial charge in [0.05, 0.1) is 18.3 Å². The van der Waals surface area contributed by atoms with E-state index in [-0.39, 0.29) is 0 Å². The van der Waals surface area contributed by atoms with E-state index in [4.69, 9.17) is 4.42 Å². The highest BCUT2D eigenvalue weighted by atomic mass is 16.3. The fourth-order valence-corrected chi connectivity index (χ4v) is 2.25. The van der Waals surface area contributed by atoms with Gasteiger partial charge in [-0.25, -0.2) is 4.98 Å². The van der Waals surface area contributed by atoms with Crippen LogP contribution in [0.4, 0.5) is 11.8 Å². The number of aromatic nitrogens is 2. The minimum absolute atomic E-state index is 0.600. The van der Waals surface area contributed by atoms with Gasteiger partial charge < -0.3 is 15.1 Å². The molecule has 0 atom stereocenters. The summed E-state index contributed by atoms with van der Waals surface area (Å²) in [7, 11) is 0. The number of furan rings is 1. The molecule has 0 aliphatic carbocycles. The Bertz CT molecular complexity index is 725. The molecule has 0 unspecified atom stereocenters. The fourth-order valence-electron chi connectivity index (χ4n) is 2.25. The van der Waals surface area contributed by atoms with Gasteiger partial charge in [0, 0.05) is 11.9 Å². The number of unbranched alkanes of at least 4 members (excludes halogenated alkanes) is 1. The lowest BCUT2D eigenvalue weighted by Gasteiger charge is -2.11. The van der Waals surface area contributed by atoms with E-state index in [9.17, 15) is 0 Å². The second-order valence-electron chi connectivity index (χ2n) is 5.13. The largest absolute Gasteiger partial charge is 0.467 e. The minimum Gasteiger partial charge on any atom is -0.467 e. The van der Waals surface area contributed by atoms with Crippen molar-refractivity contribution in [3.63, 3.8) is 0 Å². The van der Waals surface area contributed by atoms with Crippen LogP contribution in [0.25, 0.3) is 10.9 Å². The summed E-state index contributed by atoms with van der Waals surface area (Å²) >= 11 is 0. The van der Waals surface area contributed by atoms with E-state index in [0.29, 0.717) is 12.5 Å². The number of nitrogens with one attached hydrogen (secondary N) is 2. The fraction of sp³-hybridized carbons (Fsp3) is 0.294. The average molecular weight is 296 g/mol. The Morgan fingerprint density at radius 3 is 2.77 bits per heavy atom. The summed E-state index contributed by atoms with van der Waals surface area (Å²) in [4.78, 5) is 9.16. The Morgan fingerprint density at radius 1 is 1.05 bits per heavy atom. The van der Waals surface area contributed by atoms with E-state index in [1.54, 1.807) is 6.26 Å². The van der Waals surface area contributed by atoms with Gasteiger partial charge in [-0.05, 0) is 30.7 Å². The number of nitrogens with zero attached hydrogens (tertiary/aromatic N) is 2. The first kappa shape index (κ1) is 14.4. The first-order chi connectivity index (χ1) is 10.9. The summed E-state index contributed by atoms with van der Waals surface area (Å²) in [6.07, 6.45) is 3.92. The van der Waals surface area contributed by atoms with Crippen LogP contribution in [0.2, 0.25) is 0 Å². The van der Waals surface area contributed by atoms with E-state index in [1.165, 1.54) is 0 Å². The molecule has 2 aromatic heterocycles. The highest BCUT2D eigenvalue weighted by molar-refractivity contribution is 5.89. The van der Waals surface area contributed by atoms with Crippen LogP contribution in [0.15, 0.2) is 47.1 Å². The zero-order chi connectivity index (χ0) is 15.2. The summed E-state index contributed by atoms with van der Waals surface area (Å²) in [6, 6.07) is 11.8. The molecular weight excluding hydrogens is 276 g/mol. The van der Waals surface area contributed by atoms with Crippen molar-refractivity contribution in [1.82, 2.24) is 9.97 Å². The first-order valence-corrected chi connectivity index (χ1v) is 7.63. The van der Waals surface area contributed by atoms with Crippen LogP contribution in [0.1, 0.15) is 25.5 Å². The van der Waals surface area contributed by atoms with Crippen LogP contribution in [0.3, 0.4) is 0 Å². The molecule has 5 heteroatoms. The van der Waals surface area contributed by atoms with Gasteiger partial charge in [-0.1, -0.05) is 25.5 Å². The zero-order valence-electron chi connectivity index (χ0n) is 12.7. The minimum atomic E-state index is 0.600. The number of hydrogen-bond acceptors (Lipinski definition) is 5. The lowest BCUT2D eigenvalue weighted by molar-refractivity contribution is 0.518. The Labute approximate surface area is 129 Å². The van der Waals surface area contributed by atoms with Crippen molar-refractivity contribution in [2.24, 2.45) is 0 Å². The van der Waals surface area contributed by atoms with Gasteiger partial charge in [0.1, 0.15) is 11.6 Å². The molecule has 0 spiro atoms. The molecule has 114 valence electrons. The maximum atomic E-state index is 5.36. The quantitative estimate of drug-likeness (QED) is 0.644. The predicted molar refractivity (Wildman–Crippen MR) is 89.0 cm³/mol. The summed E-state index contributed by atoms with van der Waals surface area (Å²) in [5.41, 5.74) is 0.929. The molecule has 0 saturated heterocycles. The van der Waals surface area contributed by atoms with E-state index in [0.717, 1.165) is 41.9 Å². The van der Waals surface area contributed by atoms with Crippen molar-refractivity contribution in [3.05, 3.63) is 48.4 Å². The molecule has 0 aliphatic rings. The second-order valence-corrected chi connectivity index (χ2v) is 5.13. The van der Waals surface area contributed by atoms with Gasteiger partial charge in [-0.3, -0.25) is 0 Å². The number of fused-ring (bicyclic) bond motifs is 1. The molecule has 0 aliphatic heterocycles. The summed E-state index contributed by atoms with van der Waals surface area (Å²) in [5.74, 6) is 2.36. The Morgan fingerprint density at radius 2 is 1.95 bits per heavy atom. The molecule has 5 nitrogen and oxygen atoms in total. The highest BCUT2D eigenvalue weighted by Crippen LogP contribution is 2.22. The Kier molecular flexibility index (Phi) is 4.53. The number of hydrogen-bond donors (Lipinski definition) is 2. The second kappa shape index (κ2) is 6.93. The third kappa shape index (κ3) is 3.36. The molecule has 1 aromatic carbocycles. The molecular formula is C17H20N4O. The number of benzene rings is 1. The van der Waals surface area contributed by atoms with Crippen molar-refractivity contribution in [2.45, 2.75) is 26.3 Å². The Balaban J connectivity index is 1.84. The summed E-state index contributed by atoms with van der Waals surface area (Å²) in [5, 5.41) is 7.63. The van der Waals surface area contributed by atoms with Crippen LogP contribution in [-0.4, -0.2) is 16.5 Å². The number of para-hydroxylation sites is 1. The van der Waals surface area contributed by atoms with Gasteiger partial charge in [0.25, 0.3) is 0 Å². The van der Waals surface area contributed by atoms with Crippen molar-refractivity contribution in [1.29, 1.82) is 0 Å². The van der Waals surface area contributed by atoms with Crippen LogP contribution < -0.4 is 10.6 Å². The first-order valence-electron chi connectivity index (χ1n) is 7.63. The van der Waals surface area contributed by atoms with Gasteiger partial charge in [-0.2, -0.15) is 4.98 Å². The Hall–Kier alpha value is -2.56. The van der Waals surface area contributed by atoms with Gasteiger partial charge in [0.15, 0.2) is 0 Å². The maximum Gasteiger partial charge on any atom is 0.225 e. The van der Waals surface area contributed by atoms with Crippen LogP contribution >= 0.6 is 0 Å².